The van der Waals surface area contributed by atoms with Crippen LogP contribution in [0, 0.1) is 13.8 Å². The first-order valence-corrected chi connectivity index (χ1v) is 7.40. The van der Waals surface area contributed by atoms with E-state index < -0.39 is 0 Å². The van der Waals surface area contributed by atoms with Crippen molar-refractivity contribution < 1.29 is 20.4 Å². The number of rotatable bonds is 2. The summed E-state index contributed by atoms with van der Waals surface area (Å²) < 4.78 is 0. The van der Waals surface area contributed by atoms with Gasteiger partial charge in [-0.15, -0.1) is 0 Å². The molecule has 0 aliphatic carbocycles. The Morgan fingerprint density at radius 2 is 1.08 bits per heavy atom. The Labute approximate surface area is 139 Å². The minimum atomic E-state index is -0.249. The predicted octanol–water partition coefficient (Wildman–Crippen LogP) is 3.85. The van der Waals surface area contributed by atoms with Gasteiger partial charge in [-0.05, 0) is 61.4 Å². The quantitative estimate of drug-likeness (QED) is 0.537. The molecular formula is C19H17NO4. The molecule has 0 saturated carbocycles. The molecule has 0 atom stereocenters. The van der Waals surface area contributed by atoms with E-state index in [4.69, 9.17) is 0 Å². The van der Waals surface area contributed by atoms with Crippen molar-refractivity contribution in [1.29, 1.82) is 0 Å². The van der Waals surface area contributed by atoms with E-state index in [9.17, 15) is 20.4 Å². The molecule has 122 valence electrons. The summed E-state index contributed by atoms with van der Waals surface area (Å²) in [6.07, 6.45) is 0. The van der Waals surface area contributed by atoms with Crippen LogP contribution in [0.1, 0.15) is 11.1 Å². The molecule has 2 aromatic carbocycles. The lowest BCUT2D eigenvalue weighted by Gasteiger charge is -2.11. The van der Waals surface area contributed by atoms with Crippen LogP contribution in [-0.2, 0) is 0 Å². The largest absolute Gasteiger partial charge is 0.504 e. The minimum absolute atomic E-state index is 0.215. The molecule has 5 heteroatoms. The molecule has 0 amide bonds. The summed E-state index contributed by atoms with van der Waals surface area (Å²) in [5.74, 6) is -0.926. The van der Waals surface area contributed by atoms with Crippen LogP contribution in [0.4, 0.5) is 0 Å². The number of phenols is 4. The number of aryl methyl sites for hydroxylation is 2. The van der Waals surface area contributed by atoms with E-state index in [-0.39, 0.29) is 23.0 Å². The zero-order valence-corrected chi connectivity index (χ0v) is 13.3. The molecule has 4 N–H and O–H groups in total. The highest BCUT2D eigenvalue weighted by Crippen LogP contribution is 2.40. The molecule has 3 rings (SSSR count). The van der Waals surface area contributed by atoms with Crippen LogP contribution in [0.25, 0.3) is 22.5 Å². The Balaban J connectivity index is 2.18. The third-order valence-electron chi connectivity index (χ3n) is 3.77. The molecule has 5 nitrogen and oxygen atoms in total. The van der Waals surface area contributed by atoms with Crippen LogP contribution in [0.2, 0.25) is 0 Å². The molecule has 24 heavy (non-hydrogen) atoms. The SMILES string of the molecule is Cc1cc(O)c(O)c(-c2cccc(-c3cc(C)cc(O)c3O)n2)c1. The summed E-state index contributed by atoms with van der Waals surface area (Å²) >= 11 is 0. The maximum atomic E-state index is 10.1. The standard InChI is InChI=1S/C19H17NO4/c1-10-6-12(18(23)16(21)8-10)14-4-3-5-15(20-14)13-7-11(2)9-17(22)19(13)24/h3-9,21-24H,1-2H3. The molecule has 0 aliphatic heterocycles. The molecule has 3 aromatic rings. The first-order valence-electron chi connectivity index (χ1n) is 7.40. The van der Waals surface area contributed by atoms with E-state index in [0.29, 0.717) is 22.5 Å². The van der Waals surface area contributed by atoms with Gasteiger partial charge in [-0.3, -0.25) is 0 Å². The van der Waals surface area contributed by atoms with Crippen molar-refractivity contribution in [3.8, 4) is 45.5 Å². The number of nitrogens with zero attached hydrogens (tertiary/aromatic N) is 1. The van der Waals surface area contributed by atoms with E-state index in [1.165, 1.54) is 12.1 Å². The molecule has 0 fully saturated rings. The van der Waals surface area contributed by atoms with Gasteiger partial charge in [0.05, 0.1) is 11.4 Å². The molecule has 0 bridgehead atoms. The number of pyridine rings is 1. The predicted molar refractivity (Wildman–Crippen MR) is 91.2 cm³/mol. The fourth-order valence-corrected chi connectivity index (χ4v) is 2.64. The first-order chi connectivity index (χ1) is 11.4. The summed E-state index contributed by atoms with van der Waals surface area (Å²) in [5.41, 5.74) is 3.25. The normalized spacial score (nSPS) is 10.8. The van der Waals surface area contributed by atoms with Crippen LogP contribution >= 0.6 is 0 Å². The maximum Gasteiger partial charge on any atom is 0.167 e. The van der Waals surface area contributed by atoms with Gasteiger partial charge in [0.25, 0.3) is 0 Å². The number of aromatic hydroxyl groups is 4. The van der Waals surface area contributed by atoms with E-state index in [1.54, 1.807) is 44.2 Å². The van der Waals surface area contributed by atoms with E-state index in [1.807, 2.05) is 0 Å². The molecule has 0 radical (unpaired) electrons. The van der Waals surface area contributed by atoms with Crippen LogP contribution in [0.5, 0.6) is 23.0 Å². The van der Waals surface area contributed by atoms with Crippen molar-refractivity contribution in [3.05, 3.63) is 53.6 Å². The van der Waals surface area contributed by atoms with Crippen molar-refractivity contribution in [2.24, 2.45) is 0 Å². The Morgan fingerprint density at radius 3 is 1.50 bits per heavy atom. The van der Waals surface area contributed by atoms with Crippen molar-refractivity contribution >= 4 is 0 Å². The summed E-state index contributed by atoms with van der Waals surface area (Å²) in [6, 6.07) is 11.5. The lowest BCUT2D eigenvalue weighted by atomic mass is 10.0. The second-order valence-corrected chi connectivity index (χ2v) is 5.77. The zero-order chi connectivity index (χ0) is 17.4. The highest BCUT2D eigenvalue weighted by molar-refractivity contribution is 5.76. The molecule has 0 unspecified atom stereocenters. The molecule has 1 heterocycles. The molecular weight excluding hydrogens is 306 g/mol. The third-order valence-corrected chi connectivity index (χ3v) is 3.77. The lowest BCUT2D eigenvalue weighted by Crippen LogP contribution is -1.91. The smallest absolute Gasteiger partial charge is 0.167 e. The number of phenolic OH excluding ortho intramolecular Hbond substituents is 4. The van der Waals surface area contributed by atoms with Gasteiger partial charge >= 0.3 is 0 Å². The van der Waals surface area contributed by atoms with Gasteiger partial charge in [-0.25, -0.2) is 4.98 Å². The third kappa shape index (κ3) is 2.72. The number of aromatic nitrogens is 1. The van der Waals surface area contributed by atoms with E-state index >= 15 is 0 Å². The van der Waals surface area contributed by atoms with Crippen molar-refractivity contribution in [3.63, 3.8) is 0 Å². The fraction of sp³-hybridized carbons (Fsp3) is 0.105. The number of benzene rings is 2. The molecule has 1 aromatic heterocycles. The Morgan fingerprint density at radius 1 is 0.667 bits per heavy atom. The van der Waals surface area contributed by atoms with Crippen LogP contribution in [0.15, 0.2) is 42.5 Å². The molecule has 0 aliphatic rings. The van der Waals surface area contributed by atoms with Gasteiger partial charge in [-0.2, -0.15) is 0 Å². The van der Waals surface area contributed by atoms with Crippen LogP contribution in [-0.4, -0.2) is 25.4 Å². The Hall–Kier alpha value is -3.21. The number of hydrogen-bond acceptors (Lipinski definition) is 5. The summed E-state index contributed by atoms with van der Waals surface area (Å²) in [7, 11) is 0. The van der Waals surface area contributed by atoms with E-state index in [0.717, 1.165) is 11.1 Å². The summed E-state index contributed by atoms with van der Waals surface area (Å²) in [4.78, 5) is 4.46. The number of hydrogen-bond donors (Lipinski definition) is 4. The average molecular weight is 323 g/mol. The Bertz CT molecular complexity index is 862. The zero-order valence-electron chi connectivity index (χ0n) is 13.3. The van der Waals surface area contributed by atoms with Crippen molar-refractivity contribution in [1.82, 2.24) is 4.98 Å². The highest BCUT2D eigenvalue weighted by Gasteiger charge is 2.15. The summed E-state index contributed by atoms with van der Waals surface area (Å²) in [6.45, 7) is 3.61. The average Bonchev–Trinajstić information content (AvgIpc) is 2.54. The van der Waals surface area contributed by atoms with Crippen molar-refractivity contribution in [2.45, 2.75) is 13.8 Å². The monoisotopic (exact) mass is 323 g/mol. The van der Waals surface area contributed by atoms with Gasteiger partial charge in [0.1, 0.15) is 0 Å². The van der Waals surface area contributed by atoms with Gasteiger partial charge in [-0.1, -0.05) is 6.07 Å². The summed E-state index contributed by atoms with van der Waals surface area (Å²) in [5, 5.41) is 39.8. The second kappa shape index (κ2) is 5.77. The van der Waals surface area contributed by atoms with Crippen LogP contribution < -0.4 is 0 Å². The topological polar surface area (TPSA) is 93.8 Å². The maximum absolute atomic E-state index is 10.1. The minimum Gasteiger partial charge on any atom is -0.504 e. The molecule has 0 saturated heterocycles. The Kier molecular flexibility index (Phi) is 3.77. The van der Waals surface area contributed by atoms with Gasteiger partial charge in [0.15, 0.2) is 23.0 Å². The highest BCUT2D eigenvalue weighted by atomic mass is 16.3. The van der Waals surface area contributed by atoms with Gasteiger partial charge < -0.3 is 20.4 Å². The van der Waals surface area contributed by atoms with E-state index in [2.05, 4.69) is 4.98 Å². The first kappa shape index (κ1) is 15.7. The second-order valence-electron chi connectivity index (χ2n) is 5.77. The van der Waals surface area contributed by atoms with Crippen LogP contribution in [0.3, 0.4) is 0 Å². The molecule has 0 spiro atoms. The fourth-order valence-electron chi connectivity index (χ4n) is 2.64. The van der Waals surface area contributed by atoms with Gasteiger partial charge in [0, 0.05) is 11.1 Å². The lowest BCUT2D eigenvalue weighted by molar-refractivity contribution is 0.404. The van der Waals surface area contributed by atoms with Crippen molar-refractivity contribution in [2.75, 3.05) is 0 Å². The van der Waals surface area contributed by atoms with Gasteiger partial charge in [0.2, 0.25) is 0 Å².